The van der Waals surface area contributed by atoms with Crippen LogP contribution >= 0.6 is 23.1 Å². The summed E-state index contributed by atoms with van der Waals surface area (Å²) in [5, 5.41) is 11.6. The van der Waals surface area contributed by atoms with Crippen LogP contribution in [0, 0.1) is 0 Å². The van der Waals surface area contributed by atoms with Crippen molar-refractivity contribution in [3.63, 3.8) is 0 Å². The summed E-state index contributed by atoms with van der Waals surface area (Å²) in [6.45, 7) is 0. The highest BCUT2D eigenvalue weighted by atomic mass is 32.2. The first-order valence-electron chi connectivity index (χ1n) is 8.50. The fraction of sp³-hybridized carbons (Fsp3) is 0.158. The van der Waals surface area contributed by atoms with Gasteiger partial charge in [-0.3, -0.25) is 4.79 Å². The monoisotopic (exact) mass is 428 g/mol. The van der Waals surface area contributed by atoms with Crippen LogP contribution in [0.3, 0.4) is 0 Å². The van der Waals surface area contributed by atoms with Gasteiger partial charge in [-0.05, 0) is 42.5 Å². The molecule has 29 heavy (non-hydrogen) atoms. The van der Waals surface area contributed by atoms with Crippen LogP contribution in [0.5, 0.6) is 11.5 Å². The van der Waals surface area contributed by atoms with Gasteiger partial charge in [0.25, 0.3) is 5.22 Å². The number of benzene rings is 2. The van der Waals surface area contributed by atoms with Gasteiger partial charge in [-0.1, -0.05) is 23.1 Å². The van der Waals surface area contributed by atoms with Crippen molar-refractivity contribution in [2.75, 3.05) is 25.3 Å². The SMILES string of the molecule is COc1ccc(-c2nnc(SCC(=O)Nc3nc4ccc(OC)cc4s3)o2)cc1. The largest absolute Gasteiger partial charge is 0.497 e. The first-order chi connectivity index (χ1) is 14.1. The maximum absolute atomic E-state index is 12.2. The Balaban J connectivity index is 1.35. The molecule has 0 saturated heterocycles. The highest BCUT2D eigenvalue weighted by Gasteiger charge is 2.13. The van der Waals surface area contributed by atoms with E-state index in [-0.39, 0.29) is 11.7 Å². The van der Waals surface area contributed by atoms with Crippen LogP contribution in [0.1, 0.15) is 0 Å². The number of carbonyl (C=O) groups is 1. The van der Waals surface area contributed by atoms with Crippen molar-refractivity contribution in [1.82, 2.24) is 15.2 Å². The predicted molar refractivity (Wildman–Crippen MR) is 112 cm³/mol. The molecule has 1 amide bonds. The zero-order valence-electron chi connectivity index (χ0n) is 15.5. The van der Waals surface area contributed by atoms with Crippen molar-refractivity contribution in [1.29, 1.82) is 0 Å². The molecule has 4 rings (SSSR count). The second-order valence-electron chi connectivity index (χ2n) is 5.79. The number of thiazole rings is 1. The number of nitrogens with zero attached hydrogens (tertiary/aromatic N) is 3. The van der Waals surface area contributed by atoms with Gasteiger partial charge in [0, 0.05) is 5.56 Å². The molecule has 0 unspecified atom stereocenters. The van der Waals surface area contributed by atoms with Gasteiger partial charge in [-0.15, -0.1) is 10.2 Å². The third kappa shape index (κ3) is 4.49. The normalized spacial score (nSPS) is 10.8. The van der Waals surface area contributed by atoms with Crippen molar-refractivity contribution in [2.24, 2.45) is 0 Å². The number of carbonyl (C=O) groups excluding carboxylic acids is 1. The summed E-state index contributed by atoms with van der Waals surface area (Å²) in [5.74, 6) is 1.80. The third-order valence-electron chi connectivity index (χ3n) is 3.91. The van der Waals surface area contributed by atoms with E-state index < -0.39 is 0 Å². The molecule has 2 heterocycles. The standard InChI is InChI=1S/C19H16N4O4S2/c1-25-12-5-3-11(4-6-12)17-22-23-19(27-17)28-10-16(24)21-18-20-14-8-7-13(26-2)9-15(14)29-18/h3-9H,10H2,1-2H3,(H,20,21,24). The minimum atomic E-state index is -0.204. The Hall–Kier alpha value is -3.11. The molecule has 0 aliphatic carbocycles. The second-order valence-corrected chi connectivity index (χ2v) is 7.75. The number of thioether (sulfide) groups is 1. The molecule has 8 nitrogen and oxygen atoms in total. The first kappa shape index (κ1) is 19.2. The Labute approximate surface area is 174 Å². The molecule has 1 N–H and O–H groups in total. The highest BCUT2D eigenvalue weighted by molar-refractivity contribution is 7.99. The van der Waals surface area contributed by atoms with E-state index in [1.807, 2.05) is 42.5 Å². The molecule has 0 spiro atoms. The third-order valence-corrected chi connectivity index (χ3v) is 5.66. The maximum atomic E-state index is 12.2. The van der Waals surface area contributed by atoms with E-state index in [1.54, 1.807) is 14.2 Å². The van der Waals surface area contributed by atoms with Crippen molar-refractivity contribution < 1.29 is 18.7 Å². The average Bonchev–Trinajstić information content (AvgIpc) is 3.38. The lowest BCUT2D eigenvalue weighted by Crippen LogP contribution is -2.13. The Morgan fingerprint density at radius 2 is 1.86 bits per heavy atom. The number of fused-ring (bicyclic) bond motifs is 1. The number of hydrogen-bond acceptors (Lipinski definition) is 9. The summed E-state index contributed by atoms with van der Waals surface area (Å²) in [7, 11) is 3.21. The van der Waals surface area contributed by atoms with Gasteiger partial charge in [0.05, 0.1) is 30.2 Å². The fourth-order valence-electron chi connectivity index (χ4n) is 2.49. The van der Waals surface area contributed by atoms with Crippen molar-refractivity contribution in [3.8, 4) is 23.0 Å². The zero-order chi connectivity index (χ0) is 20.2. The minimum Gasteiger partial charge on any atom is -0.497 e. The van der Waals surface area contributed by atoms with Gasteiger partial charge in [0.15, 0.2) is 5.13 Å². The van der Waals surface area contributed by atoms with Gasteiger partial charge < -0.3 is 19.2 Å². The Morgan fingerprint density at radius 3 is 2.62 bits per heavy atom. The lowest BCUT2D eigenvalue weighted by Gasteiger charge is -1.99. The number of aromatic nitrogens is 3. The molecule has 2 aromatic carbocycles. The van der Waals surface area contributed by atoms with E-state index in [2.05, 4.69) is 20.5 Å². The Morgan fingerprint density at radius 1 is 1.10 bits per heavy atom. The van der Waals surface area contributed by atoms with Crippen LogP contribution in [0.25, 0.3) is 21.7 Å². The molecule has 2 aromatic heterocycles. The Bertz CT molecular complexity index is 1140. The average molecular weight is 428 g/mol. The van der Waals surface area contributed by atoms with Gasteiger partial charge in [-0.25, -0.2) is 4.98 Å². The Kier molecular flexibility index (Phi) is 5.63. The molecule has 0 atom stereocenters. The molecule has 0 aliphatic rings. The number of rotatable bonds is 7. The molecular formula is C19H16N4O4S2. The van der Waals surface area contributed by atoms with Crippen LogP contribution in [-0.4, -0.2) is 41.1 Å². The van der Waals surface area contributed by atoms with Gasteiger partial charge in [0.1, 0.15) is 11.5 Å². The van der Waals surface area contributed by atoms with E-state index in [0.717, 1.165) is 39.0 Å². The number of methoxy groups -OCH3 is 2. The van der Waals surface area contributed by atoms with E-state index in [0.29, 0.717) is 16.2 Å². The van der Waals surface area contributed by atoms with Crippen molar-refractivity contribution in [3.05, 3.63) is 42.5 Å². The van der Waals surface area contributed by atoms with Crippen molar-refractivity contribution in [2.45, 2.75) is 5.22 Å². The van der Waals surface area contributed by atoms with Crippen LogP contribution < -0.4 is 14.8 Å². The molecule has 4 aromatic rings. The highest BCUT2D eigenvalue weighted by Crippen LogP contribution is 2.29. The summed E-state index contributed by atoms with van der Waals surface area (Å²) in [6.07, 6.45) is 0. The molecule has 0 bridgehead atoms. The summed E-state index contributed by atoms with van der Waals surface area (Å²) < 4.78 is 16.9. The van der Waals surface area contributed by atoms with Gasteiger partial charge in [-0.2, -0.15) is 0 Å². The minimum absolute atomic E-state index is 0.128. The maximum Gasteiger partial charge on any atom is 0.277 e. The van der Waals surface area contributed by atoms with E-state index >= 15 is 0 Å². The van der Waals surface area contributed by atoms with Gasteiger partial charge in [0.2, 0.25) is 11.8 Å². The molecule has 148 valence electrons. The summed E-state index contributed by atoms with van der Waals surface area (Å²) in [6, 6.07) is 12.9. The number of ether oxygens (including phenoxy) is 2. The lowest BCUT2D eigenvalue weighted by atomic mass is 10.2. The number of nitrogens with one attached hydrogen (secondary N) is 1. The van der Waals surface area contributed by atoms with Crippen LogP contribution in [-0.2, 0) is 4.79 Å². The number of amides is 1. The molecular weight excluding hydrogens is 412 g/mol. The van der Waals surface area contributed by atoms with E-state index in [9.17, 15) is 4.79 Å². The number of hydrogen-bond donors (Lipinski definition) is 1. The van der Waals surface area contributed by atoms with E-state index in [4.69, 9.17) is 13.9 Å². The number of anilines is 1. The summed E-state index contributed by atoms with van der Waals surface area (Å²) >= 11 is 2.55. The smallest absolute Gasteiger partial charge is 0.277 e. The van der Waals surface area contributed by atoms with E-state index in [1.165, 1.54) is 11.3 Å². The van der Waals surface area contributed by atoms with Crippen molar-refractivity contribution >= 4 is 44.4 Å². The second kappa shape index (κ2) is 8.50. The fourth-order valence-corrected chi connectivity index (χ4v) is 3.96. The quantitative estimate of drug-likeness (QED) is 0.439. The predicted octanol–water partition coefficient (Wildman–Crippen LogP) is 4.09. The molecule has 0 aliphatic heterocycles. The lowest BCUT2D eigenvalue weighted by molar-refractivity contribution is -0.113. The molecule has 0 saturated carbocycles. The summed E-state index contributed by atoms with van der Waals surface area (Å²) in [5.41, 5.74) is 1.58. The zero-order valence-corrected chi connectivity index (χ0v) is 17.2. The molecule has 0 fully saturated rings. The first-order valence-corrected chi connectivity index (χ1v) is 10.3. The summed E-state index contributed by atoms with van der Waals surface area (Å²) in [4.78, 5) is 16.6. The van der Waals surface area contributed by atoms with Crippen LogP contribution in [0.2, 0.25) is 0 Å². The molecule has 10 heteroatoms. The van der Waals surface area contributed by atoms with Crippen LogP contribution in [0.4, 0.5) is 5.13 Å². The molecule has 0 radical (unpaired) electrons. The van der Waals surface area contributed by atoms with Crippen LogP contribution in [0.15, 0.2) is 52.1 Å². The topological polar surface area (TPSA) is 99.4 Å². The van der Waals surface area contributed by atoms with Gasteiger partial charge >= 0.3 is 0 Å².